The number of benzene rings is 1. The average molecular weight is 276 g/mol. The Morgan fingerprint density at radius 2 is 2.35 bits per heavy atom. The minimum atomic E-state index is -0.779. The first-order valence-electron chi connectivity index (χ1n) is 6.59. The summed E-state index contributed by atoms with van der Waals surface area (Å²) in [7, 11) is 0. The Bertz CT molecular complexity index is 567. The van der Waals surface area contributed by atoms with Crippen LogP contribution in [0.1, 0.15) is 30.9 Å². The number of halogens is 1. The van der Waals surface area contributed by atoms with Crippen molar-refractivity contribution in [2.45, 2.75) is 26.3 Å². The molecular formula is C15H17FN2O2. The lowest BCUT2D eigenvalue weighted by atomic mass is 9.82. The molecule has 0 saturated carbocycles. The molecule has 0 amide bonds. The molecule has 1 atom stereocenters. The summed E-state index contributed by atoms with van der Waals surface area (Å²) in [6.45, 7) is 3.59. The second-order valence-electron chi connectivity index (χ2n) is 5.61. The zero-order valence-corrected chi connectivity index (χ0v) is 11.4. The van der Waals surface area contributed by atoms with Crippen LogP contribution in [0.15, 0.2) is 18.2 Å². The van der Waals surface area contributed by atoms with Gasteiger partial charge in [0.1, 0.15) is 11.9 Å². The van der Waals surface area contributed by atoms with Crippen LogP contribution in [-0.2, 0) is 11.3 Å². The van der Waals surface area contributed by atoms with Gasteiger partial charge >= 0.3 is 5.97 Å². The van der Waals surface area contributed by atoms with Crippen LogP contribution in [0.4, 0.5) is 4.39 Å². The smallest absolute Gasteiger partial charge is 0.310 e. The van der Waals surface area contributed by atoms with Crippen LogP contribution < -0.4 is 0 Å². The van der Waals surface area contributed by atoms with Gasteiger partial charge in [-0.25, -0.2) is 4.39 Å². The van der Waals surface area contributed by atoms with Crippen LogP contribution in [0.2, 0.25) is 0 Å². The number of likely N-dealkylation sites (tertiary alicyclic amines) is 1. The molecule has 0 bridgehead atoms. The minimum absolute atomic E-state index is 0.0282. The fourth-order valence-electron chi connectivity index (χ4n) is 2.67. The molecule has 0 aliphatic carbocycles. The summed E-state index contributed by atoms with van der Waals surface area (Å²) < 4.78 is 13.3. The summed E-state index contributed by atoms with van der Waals surface area (Å²) in [5.74, 6) is -1.30. The van der Waals surface area contributed by atoms with Gasteiger partial charge < -0.3 is 5.11 Å². The number of rotatable bonds is 3. The number of hydrogen-bond donors (Lipinski definition) is 1. The molecular weight excluding hydrogens is 259 g/mol. The van der Waals surface area contributed by atoms with E-state index >= 15 is 0 Å². The summed E-state index contributed by atoms with van der Waals surface area (Å²) in [6.07, 6.45) is 1.50. The van der Waals surface area contributed by atoms with Gasteiger partial charge in [-0.15, -0.1) is 0 Å². The van der Waals surface area contributed by atoms with E-state index in [1.165, 1.54) is 12.1 Å². The number of carboxylic acids is 1. The van der Waals surface area contributed by atoms with Gasteiger partial charge in [0, 0.05) is 13.1 Å². The van der Waals surface area contributed by atoms with Crippen molar-refractivity contribution in [3.05, 3.63) is 35.1 Å². The topological polar surface area (TPSA) is 64.3 Å². The largest absolute Gasteiger partial charge is 0.481 e. The molecule has 1 unspecified atom stereocenters. The van der Waals surface area contributed by atoms with Crippen LogP contribution in [-0.4, -0.2) is 29.1 Å². The number of nitrogens with zero attached hydrogens (tertiary/aromatic N) is 2. The normalized spacial score (nSPS) is 23.2. The van der Waals surface area contributed by atoms with Crippen molar-refractivity contribution in [3.8, 4) is 6.07 Å². The molecule has 1 N–H and O–H groups in total. The third-order valence-corrected chi connectivity index (χ3v) is 3.85. The molecule has 0 spiro atoms. The SMILES string of the molecule is CC1(C(=O)O)CCCN(Cc2ccc(F)c(C#N)c2)C1. The monoisotopic (exact) mass is 276 g/mol. The predicted octanol–water partition coefficient (Wildman–Crippen LogP) is 2.38. The van der Waals surface area contributed by atoms with Crippen molar-refractivity contribution in [2.24, 2.45) is 5.41 Å². The molecule has 1 aromatic rings. The van der Waals surface area contributed by atoms with E-state index in [1.54, 1.807) is 13.0 Å². The van der Waals surface area contributed by atoms with Gasteiger partial charge in [0.25, 0.3) is 0 Å². The van der Waals surface area contributed by atoms with Crippen LogP contribution in [0.3, 0.4) is 0 Å². The fourth-order valence-corrected chi connectivity index (χ4v) is 2.67. The molecule has 106 valence electrons. The summed E-state index contributed by atoms with van der Waals surface area (Å²) >= 11 is 0. The van der Waals surface area contributed by atoms with Gasteiger partial charge in [-0.3, -0.25) is 9.69 Å². The van der Waals surface area contributed by atoms with E-state index in [-0.39, 0.29) is 5.56 Å². The van der Waals surface area contributed by atoms with E-state index in [9.17, 15) is 14.3 Å². The quantitative estimate of drug-likeness (QED) is 0.920. The number of aliphatic carboxylic acids is 1. The highest BCUT2D eigenvalue weighted by Gasteiger charge is 2.37. The maximum atomic E-state index is 13.3. The molecule has 1 heterocycles. The summed E-state index contributed by atoms with van der Waals surface area (Å²) in [5.41, 5.74) is 0.133. The van der Waals surface area contributed by atoms with Crippen molar-refractivity contribution >= 4 is 5.97 Å². The molecule has 1 fully saturated rings. The molecule has 5 heteroatoms. The van der Waals surface area contributed by atoms with Crippen LogP contribution in [0.5, 0.6) is 0 Å². The second kappa shape index (κ2) is 5.59. The first-order chi connectivity index (χ1) is 9.44. The second-order valence-corrected chi connectivity index (χ2v) is 5.61. The van der Waals surface area contributed by atoms with Gasteiger partial charge in [-0.1, -0.05) is 6.07 Å². The van der Waals surface area contributed by atoms with Gasteiger partial charge in [-0.05, 0) is 44.0 Å². The summed E-state index contributed by atoms with van der Waals surface area (Å²) in [5, 5.41) is 18.1. The highest BCUT2D eigenvalue weighted by atomic mass is 19.1. The van der Waals surface area contributed by atoms with E-state index in [1.807, 2.05) is 11.0 Å². The Balaban J connectivity index is 2.11. The molecule has 4 nitrogen and oxygen atoms in total. The number of nitriles is 1. The van der Waals surface area contributed by atoms with Crippen molar-refractivity contribution in [2.75, 3.05) is 13.1 Å². The lowest BCUT2D eigenvalue weighted by Gasteiger charge is -2.37. The van der Waals surface area contributed by atoms with Crippen molar-refractivity contribution in [1.82, 2.24) is 4.90 Å². The molecule has 1 aliphatic rings. The zero-order valence-electron chi connectivity index (χ0n) is 11.4. The highest BCUT2D eigenvalue weighted by molar-refractivity contribution is 5.74. The maximum absolute atomic E-state index is 13.3. The lowest BCUT2D eigenvalue weighted by Crippen LogP contribution is -2.45. The Morgan fingerprint density at radius 3 is 3.00 bits per heavy atom. The first-order valence-corrected chi connectivity index (χ1v) is 6.59. The van der Waals surface area contributed by atoms with Crippen molar-refractivity contribution < 1.29 is 14.3 Å². The summed E-state index contributed by atoms with van der Waals surface area (Å²) in [6, 6.07) is 6.28. The lowest BCUT2D eigenvalue weighted by molar-refractivity contribution is -0.151. The standard InChI is InChI=1S/C15H17FN2O2/c1-15(14(19)20)5-2-6-18(10-15)9-11-3-4-13(16)12(7-11)8-17/h3-4,7H,2,5-6,9-10H2,1H3,(H,19,20). The van der Waals surface area contributed by atoms with E-state index in [0.717, 1.165) is 18.5 Å². The highest BCUT2D eigenvalue weighted by Crippen LogP contribution is 2.30. The molecule has 20 heavy (non-hydrogen) atoms. The minimum Gasteiger partial charge on any atom is -0.481 e. The van der Waals surface area contributed by atoms with E-state index in [4.69, 9.17) is 5.26 Å². The third kappa shape index (κ3) is 2.97. The Hall–Kier alpha value is -1.93. The molecule has 1 saturated heterocycles. The maximum Gasteiger partial charge on any atom is 0.310 e. The van der Waals surface area contributed by atoms with Crippen molar-refractivity contribution in [3.63, 3.8) is 0 Å². The zero-order chi connectivity index (χ0) is 14.8. The van der Waals surface area contributed by atoms with Crippen molar-refractivity contribution in [1.29, 1.82) is 5.26 Å². The van der Waals surface area contributed by atoms with E-state index < -0.39 is 17.2 Å². The third-order valence-electron chi connectivity index (χ3n) is 3.85. The number of hydrogen-bond acceptors (Lipinski definition) is 3. The molecule has 2 rings (SSSR count). The molecule has 0 aromatic heterocycles. The Kier molecular flexibility index (Phi) is 4.05. The molecule has 1 aromatic carbocycles. The Morgan fingerprint density at radius 1 is 1.60 bits per heavy atom. The van der Waals surface area contributed by atoms with Crippen LogP contribution >= 0.6 is 0 Å². The number of carboxylic acid groups (broad SMARTS) is 1. The Labute approximate surface area is 117 Å². The van der Waals surface area contributed by atoms with E-state index in [2.05, 4.69) is 0 Å². The number of piperidine rings is 1. The molecule has 1 aliphatic heterocycles. The number of carbonyl (C=O) groups is 1. The predicted molar refractivity (Wildman–Crippen MR) is 71.4 cm³/mol. The van der Waals surface area contributed by atoms with E-state index in [0.29, 0.717) is 19.5 Å². The van der Waals surface area contributed by atoms with Crippen LogP contribution in [0.25, 0.3) is 0 Å². The van der Waals surface area contributed by atoms with Gasteiger partial charge in [0.2, 0.25) is 0 Å². The van der Waals surface area contributed by atoms with Crippen LogP contribution in [0, 0.1) is 22.6 Å². The average Bonchev–Trinajstić information content (AvgIpc) is 2.41. The van der Waals surface area contributed by atoms with Gasteiger partial charge in [0.05, 0.1) is 11.0 Å². The van der Waals surface area contributed by atoms with Gasteiger partial charge in [-0.2, -0.15) is 5.26 Å². The first kappa shape index (κ1) is 14.5. The molecule has 0 radical (unpaired) electrons. The van der Waals surface area contributed by atoms with Gasteiger partial charge in [0.15, 0.2) is 0 Å². The summed E-state index contributed by atoms with van der Waals surface area (Å²) in [4.78, 5) is 13.3. The fraction of sp³-hybridized carbons (Fsp3) is 0.467.